The van der Waals surface area contributed by atoms with Gasteiger partial charge in [0.05, 0.1) is 11.3 Å². The summed E-state index contributed by atoms with van der Waals surface area (Å²) < 4.78 is 51.1. The second kappa shape index (κ2) is 5.68. The van der Waals surface area contributed by atoms with Gasteiger partial charge in [0.2, 0.25) is 0 Å². The number of hydrogen-bond donors (Lipinski definition) is 1. The van der Waals surface area contributed by atoms with Crippen LogP contribution in [0.3, 0.4) is 0 Å². The SMILES string of the molecule is O=C(Nc1cc(C(F)(F)F)ccc1F)N1CCCCC1. The van der Waals surface area contributed by atoms with Crippen LogP contribution in [0, 0.1) is 5.82 Å². The number of likely N-dealkylation sites (tertiary alicyclic amines) is 1. The third-order valence-corrected chi connectivity index (χ3v) is 3.18. The zero-order valence-electron chi connectivity index (χ0n) is 10.6. The van der Waals surface area contributed by atoms with Crippen LogP contribution in [0.4, 0.5) is 28.0 Å². The third-order valence-electron chi connectivity index (χ3n) is 3.18. The Hall–Kier alpha value is -1.79. The van der Waals surface area contributed by atoms with E-state index in [9.17, 15) is 22.4 Å². The molecule has 0 saturated carbocycles. The standard InChI is InChI=1S/C13H14F4N2O/c14-10-5-4-9(13(15,16)17)8-11(10)18-12(20)19-6-2-1-3-7-19/h4-5,8H,1-3,6-7H2,(H,18,20). The molecule has 2 amide bonds. The van der Waals surface area contributed by atoms with Gasteiger partial charge >= 0.3 is 12.2 Å². The molecule has 1 N–H and O–H groups in total. The molecule has 1 aliphatic rings. The highest BCUT2D eigenvalue weighted by molar-refractivity contribution is 5.89. The van der Waals surface area contributed by atoms with Crippen molar-refractivity contribution in [3.8, 4) is 0 Å². The fraction of sp³-hybridized carbons (Fsp3) is 0.462. The molecular weight excluding hydrogens is 276 g/mol. The van der Waals surface area contributed by atoms with Gasteiger partial charge in [-0.25, -0.2) is 9.18 Å². The van der Waals surface area contributed by atoms with E-state index in [4.69, 9.17) is 0 Å². The van der Waals surface area contributed by atoms with E-state index in [-0.39, 0.29) is 0 Å². The van der Waals surface area contributed by atoms with E-state index in [0.717, 1.165) is 19.3 Å². The Morgan fingerprint density at radius 2 is 1.80 bits per heavy atom. The maximum Gasteiger partial charge on any atom is 0.416 e. The minimum absolute atomic E-state index is 0.449. The summed E-state index contributed by atoms with van der Waals surface area (Å²) in [5.74, 6) is -0.886. The molecule has 1 aromatic rings. The molecule has 1 aliphatic heterocycles. The largest absolute Gasteiger partial charge is 0.416 e. The number of benzene rings is 1. The fourth-order valence-corrected chi connectivity index (χ4v) is 2.09. The maximum atomic E-state index is 13.5. The molecule has 7 heteroatoms. The number of urea groups is 1. The number of halogens is 4. The lowest BCUT2D eigenvalue weighted by Crippen LogP contribution is -2.38. The highest BCUT2D eigenvalue weighted by Crippen LogP contribution is 2.31. The Labute approximate surface area is 113 Å². The molecule has 0 atom stereocenters. The number of amides is 2. The first-order chi connectivity index (χ1) is 9.38. The van der Waals surface area contributed by atoms with Crippen LogP contribution in [-0.2, 0) is 6.18 Å². The topological polar surface area (TPSA) is 32.3 Å². The Balaban J connectivity index is 2.13. The number of nitrogens with one attached hydrogen (secondary N) is 1. The molecule has 0 aromatic heterocycles. The van der Waals surface area contributed by atoms with Crippen LogP contribution in [-0.4, -0.2) is 24.0 Å². The van der Waals surface area contributed by atoms with Gasteiger partial charge in [0.25, 0.3) is 0 Å². The Kier molecular flexibility index (Phi) is 4.15. The van der Waals surface area contributed by atoms with Gasteiger partial charge in [0.15, 0.2) is 0 Å². The molecule has 0 spiro atoms. The highest BCUT2D eigenvalue weighted by atomic mass is 19.4. The second-order valence-corrected chi connectivity index (χ2v) is 4.67. The minimum atomic E-state index is -4.57. The van der Waals surface area contributed by atoms with E-state index in [2.05, 4.69) is 5.32 Å². The van der Waals surface area contributed by atoms with Gasteiger partial charge in [0.1, 0.15) is 5.82 Å². The normalized spacial score (nSPS) is 16.1. The summed E-state index contributed by atoms with van der Waals surface area (Å²) in [5.41, 5.74) is -1.44. The van der Waals surface area contributed by atoms with Crippen molar-refractivity contribution in [2.45, 2.75) is 25.4 Å². The number of hydrogen-bond acceptors (Lipinski definition) is 1. The summed E-state index contributed by atoms with van der Waals surface area (Å²) in [4.78, 5) is 13.3. The van der Waals surface area contributed by atoms with Gasteiger partial charge in [-0.2, -0.15) is 13.2 Å². The molecule has 0 unspecified atom stereocenters. The van der Waals surface area contributed by atoms with Crippen molar-refractivity contribution in [1.82, 2.24) is 4.90 Å². The van der Waals surface area contributed by atoms with E-state index in [0.29, 0.717) is 31.3 Å². The van der Waals surface area contributed by atoms with Gasteiger partial charge in [-0.3, -0.25) is 0 Å². The quantitative estimate of drug-likeness (QED) is 0.783. The van der Waals surface area contributed by atoms with Crippen LogP contribution in [0.5, 0.6) is 0 Å². The predicted octanol–water partition coefficient (Wildman–Crippen LogP) is 3.86. The highest BCUT2D eigenvalue weighted by Gasteiger charge is 2.31. The molecule has 3 nitrogen and oxygen atoms in total. The van der Waals surface area contributed by atoms with Crippen LogP contribution >= 0.6 is 0 Å². The predicted molar refractivity (Wildman–Crippen MR) is 65.8 cm³/mol. The van der Waals surface area contributed by atoms with Crippen LogP contribution in [0.25, 0.3) is 0 Å². The summed E-state index contributed by atoms with van der Waals surface area (Å²) in [6, 6.07) is 1.39. The number of piperidine rings is 1. The van der Waals surface area contributed by atoms with Gasteiger partial charge < -0.3 is 10.2 Å². The van der Waals surface area contributed by atoms with Crippen LogP contribution in [0.15, 0.2) is 18.2 Å². The van der Waals surface area contributed by atoms with E-state index < -0.39 is 29.3 Å². The van der Waals surface area contributed by atoms with Crippen LogP contribution in [0.2, 0.25) is 0 Å². The lowest BCUT2D eigenvalue weighted by Gasteiger charge is -2.27. The molecule has 2 rings (SSSR count). The summed E-state index contributed by atoms with van der Waals surface area (Å²) in [6.07, 6.45) is -1.86. The number of carbonyl (C=O) groups excluding carboxylic acids is 1. The summed E-state index contributed by atoms with van der Waals surface area (Å²) in [6.45, 7) is 1.07. The number of alkyl halides is 3. The van der Waals surface area contributed by atoms with E-state index in [1.165, 1.54) is 4.90 Å². The van der Waals surface area contributed by atoms with Crippen molar-refractivity contribution in [2.24, 2.45) is 0 Å². The van der Waals surface area contributed by atoms with Crippen molar-refractivity contribution < 1.29 is 22.4 Å². The Bertz CT molecular complexity index is 496. The molecule has 1 heterocycles. The maximum absolute atomic E-state index is 13.5. The average molecular weight is 290 g/mol. The fourth-order valence-electron chi connectivity index (χ4n) is 2.09. The van der Waals surface area contributed by atoms with Gasteiger partial charge in [-0.05, 0) is 37.5 Å². The van der Waals surface area contributed by atoms with E-state index >= 15 is 0 Å². The molecule has 1 fully saturated rings. The molecule has 0 radical (unpaired) electrons. The Morgan fingerprint density at radius 1 is 1.15 bits per heavy atom. The molecular formula is C13H14F4N2O. The molecule has 0 aliphatic carbocycles. The molecule has 0 bridgehead atoms. The second-order valence-electron chi connectivity index (χ2n) is 4.67. The summed E-state index contributed by atoms with van der Waals surface area (Å²) in [7, 11) is 0. The number of anilines is 1. The first-order valence-corrected chi connectivity index (χ1v) is 6.30. The van der Waals surface area contributed by atoms with Gasteiger partial charge in [-0.15, -0.1) is 0 Å². The molecule has 1 aromatic carbocycles. The Morgan fingerprint density at radius 3 is 2.40 bits per heavy atom. The number of rotatable bonds is 1. The molecule has 110 valence electrons. The smallest absolute Gasteiger partial charge is 0.325 e. The van der Waals surface area contributed by atoms with Crippen molar-refractivity contribution in [3.63, 3.8) is 0 Å². The van der Waals surface area contributed by atoms with Gasteiger partial charge in [0, 0.05) is 13.1 Å². The zero-order chi connectivity index (χ0) is 14.8. The average Bonchev–Trinajstić information content (AvgIpc) is 2.41. The van der Waals surface area contributed by atoms with Crippen molar-refractivity contribution in [1.29, 1.82) is 0 Å². The van der Waals surface area contributed by atoms with Crippen LogP contribution in [0.1, 0.15) is 24.8 Å². The summed E-state index contributed by atoms with van der Waals surface area (Å²) in [5, 5.41) is 2.20. The van der Waals surface area contributed by atoms with E-state index in [1.54, 1.807) is 0 Å². The molecule has 1 saturated heterocycles. The van der Waals surface area contributed by atoms with Crippen molar-refractivity contribution in [2.75, 3.05) is 18.4 Å². The van der Waals surface area contributed by atoms with Crippen molar-refractivity contribution in [3.05, 3.63) is 29.6 Å². The minimum Gasteiger partial charge on any atom is -0.325 e. The molecule has 20 heavy (non-hydrogen) atoms. The van der Waals surface area contributed by atoms with Crippen LogP contribution < -0.4 is 5.32 Å². The van der Waals surface area contributed by atoms with Crippen molar-refractivity contribution >= 4 is 11.7 Å². The lowest BCUT2D eigenvalue weighted by atomic mass is 10.1. The lowest BCUT2D eigenvalue weighted by molar-refractivity contribution is -0.137. The monoisotopic (exact) mass is 290 g/mol. The number of carbonyl (C=O) groups is 1. The van der Waals surface area contributed by atoms with Gasteiger partial charge in [-0.1, -0.05) is 0 Å². The van der Waals surface area contributed by atoms with E-state index in [1.807, 2.05) is 0 Å². The number of nitrogens with zero attached hydrogens (tertiary/aromatic N) is 1. The summed E-state index contributed by atoms with van der Waals surface area (Å²) >= 11 is 0. The first kappa shape index (κ1) is 14.6. The third kappa shape index (κ3) is 3.40. The zero-order valence-corrected chi connectivity index (χ0v) is 10.6. The first-order valence-electron chi connectivity index (χ1n) is 6.30.